The van der Waals surface area contributed by atoms with E-state index in [9.17, 15) is 0 Å². The smallest absolute Gasteiger partial charge is 0.293 e. The number of rotatable bonds is 7. The maximum absolute atomic E-state index is 5.92. The predicted octanol–water partition coefficient (Wildman–Crippen LogP) is 2.32. The summed E-state index contributed by atoms with van der Waals surface area (Å²) >= 11 is 0. The first kappa shape index (κ1) is 13.8. The number of hydrogen-bond acceptors (Lipinski definition) is 6. The highest BCUT2D eigenvalue weighted by atomic mass is 16.5. The van der Waals surface area contributed by atoms with Gasteiger partial charge in [0.1, 0.15) is 5.76 Å². The molecule has 2 N–H and O–H groups in total. The van der Waals surface area contributed by atoms with Crippen molar-refractivity contribution in [2.45, 2.75) is 32.7 Å². The molecule has 2 heterocycles. The largest absolute Gasteiger partial charge is 0.456 e. The Morgan fingerprint density at radius 2 is 2.21 bits per heavy atom. The van der Waals surface area contributed by atoms with Gasteiger partial charge in [-0.2, -0.15) is 4.98 Å². The fraction of sp³-hybridized carbons (Fsp3) is 0.538. The van der Waals surface area contributed by atoms with Crippen LogP contribution in [0.5, 0.6) is 0 Å². The van der Waals surface area contributed by atoms with E-state index in [1.54, 1.807) is 0 Å². The Hall–Kier alpha value is -1.66. The van der Waals surface area contributed by atoms with E-state index < -0.39 is 0 Å². The topological polar surface area (TPSA) is 87.3 Å². The van der Waals surface area contributed by atoms with Crippen LogP contribution in [0.15, 0.2) is 21.1 Å². The summed E-state index contributed by atoms with van der Waals surface area (Å²) < 4.78 is 16.1. The van der Waals surface area contributed by atoms with Gasteiger partial charge in [0.05, 0.1) is 12.6 Å². The van der Waals surface area contributed by atoms with Gasteiger partial charge in [0.25, 0.3) is 5.89 Å². The average Bonchev–Trinajstić information content (AvgIpc) is 3.07. The molecule has 2 aromatic heterocycles. The van der Waals surface area contributed by atoms with Crippen LogP contribution in [-0.4, -0.2) is 23.4 Å². The highest BCUT2D eigenvalue weighted by Crippen LogP contribution is 2.21. The van der Waals surface area contributed by atoms with E-state index in [4.69, 9.17) is 19.4 Å². The lowest BCUT2D eigenvalue weighted by Crippen LogP contribution is -2.18. The van der Waals surface area contributed by atoms with Crippen LogP contribution in [0.3, 0.4) is 0 Å². The maximum Gasteiger partial charge on any atom is 0.293 e. The minimum atomic E-state index is -0.385. The third kappa shape index (κ3) is 3.42. The summed E-state index contributed by atoms with van der Waals surface area (Å²) in [6.45, 7) is 5.12. The summed E-state index contributed by atoms with van der Waals surface area (Å²) in [5.41, 5.74) is 5.92. The van der Waals surface area contributed by atoms with Crippen molar-refractivity contribution < 1.29 is 13.7 Å². The second-order valence-electron chi connectivity index (χ2n) is 4.26. The number of ether oxygens (including phenoxy) is 1. The SMILES string of the molecule is CCCOCC(N)c1noc(-c2ccc(CC)o2)n1. The second-order valence-corrected chi connectivity index (χ2v) is 4.26. The molecule has 0 radical (unpaired) electrons. The number of aryl methyl sites for hydroxylation is 1. The van der Waals surface area contributed by atoms with Crippen LogP contribution in [0.2, 0.25) is 0 Å². The van der Waals surface area contributed by atoms with Crippen LogP contribution >= 0.6 is 0 Å². The van der Waals surface area contributed by atoms with Crippen LogP contribution in [0.4, 0.5) is 0 Å². The highest BCUT2D eigenvalue weighted by Gasteiger charge is 2.17. The normalized spacial score (nSPS) is 12.8. The van der Waals surface area contributed by atoms with E-state index in [0.717, 1.165) is 18.6 Å². The van der Waals surface area contributed by atoms with E-state index in [1.165, 1.54) is 0 Å². The molecule has 1 unspecified atom stereocenters. The van der Waals surface area contributed by atoms with E-state index in [-0.39, 0.29) is 6.04 Å². The molecule has 104 valence electrons. The number of nitrogens with zero attached hydrogens (tertiary/aromatic N) is 2. The van der Waals surface area contributed by atoms with E-state index >= 15 is 0 Å². The molecule has 6 nitrogen and oxygen atoms in total. The van der Waals surface area contributed by atoms with E-state index in [0.29, 0.717) is 30.7 Å². The van der Waals surface area contributed by atoms with Crippen molar-refractivity contribution in [3.63, 3.8) is 0 Å². The van der Waals surface area contributed by atoms with E-state index in [1.807, 2.05) is 26.0 Å². The quantitative estimate of drug-likeness (QED) is 0.773. The molecule has 0 saturated carbocycles. The zero-order valence-corrected chi connectivity index (χ0v) is 11.3. The molecule has 19 heavy (non-hydrogen) atoms. The Bertz CT molecular complexity index is 507. The van der Waals surface area contributed by atoms with Crippen LogP contribution in [-0.2, 0) is 11.2 Å². The van der Waals surface area contributed by atoms with Crippen molar-refractivity contribution in [2.75, 3.05) is 13.2 Å². The van der Waals surface area contributed by atoms with Crippen LogP contribution in [0.1, 0.15) is 37.9 Å². The van der Waals surface area contributed by atoms with Crippen molar-refractivity contribution in [3.05, 3.63) is 23.7 Å². The molecule has 6 heteroatoms. The molecular formula is C13H19N3O3. The highest BCUT2D eigenvalue weighted by molar-refractivity contribution is 5.44. The second kappa shape index (κ2) is 6.49. The van der Waals surface area contributed by atoms with Gasteiger partial charge in [-0.25, -0.2) is 0 Å². The van der Waals surface area contributed by atoms with Crippen molar-refractivity contribution in [1.82, 2.24) is 10.1 Å². The van der Waals surface area contributed by atoms with Crippen molar-refractivity contribution in [2.24, 2.45) is 5.73 Å². The lowest BCUT2D eigenvalue weighted by Gasteiger charge is -2.06. The Kier molecular flexibility index (Phi) is 4.70. The lowest BCUT2D eigenvalue weighted by atomic mass is 10.3. The van der Waals surface area contributed by atoms with Gasteiger partial charge in [-0.05, 0) is 18.6 Å². The summed E-state index contributed by atoms with van der Waals surface area (Å²) in [4.78, 5) is 4.23. The molecule has 0 spiro atoms. The molecule has 0 saturated heterocycles. The van der Waals surface area contributed by atoms with Gasteiger partial charge < -0.3 is 19.4 Å². The van der Waals surface area contributed by atoms with Crippen molar-refractivity contribution >= 4 is 0 Å². The molecule has 0 aliphatic heterocycles. The van der Waals surface area contributed by atoms with E-state index in [2.05, 4.69) is 10.1 Å². The monoisotopic (exact) mass is 265 g/mol. The van der Waals surface area contributed by atoms with Crippen LogP contribution in [0, 0.1) is 0 Å². The Labute approximate surface area is 111 Å². The molecule has 0 aliphatic rings. The van der Waals surface area contributed by atoms with Gasteiger partial charge >= 0.3 is 0 Å². The summed E-state index contributed by atoms with van der Waals surface area (Å²) in [5.74, 6) is 2.23. The van der Waals surface area contributed by atoms with Gasteiger partial charge in [-0.15, -0.1) is 0 Å². The minimum absolute atomic E-state index is 0.348. The standard InChI is InChI=1S/C13H19N3O3/c1-3-7-17-8-10(14)12-15-13(19-16-12)11-6-5-9(4-2)18-11/h5-6,10H,3-4,7-8,14H2,1-2H3. The molecule has 2 aromatic rings. The first-order chi connectivity index (χ1) is 9.24. The summed E-state index contributed by atoms with van der Waals surface area (Å²) in [6, 6.07) is 3.32. The molecule has 0 amide bonds. The minimum Gasteiger partial charge on any atom is -0.456 e. The first-order valence-corrected chi connectivity index (χ1v) is 6.50. The van der Waals surface area contributed by atoms with Gasteiger partial charge in [0, 0.05) is 13.0 Å². The average molecular weight is 265 g/mol. The van der Waals surface area contributed by atoms with Gasteiger partial charge in [0.15, 0.2) is 11.6 Å². The number of nitrogens with two attached hydrogens (primary N) is 1. The predicted molar refractivity (Wildman–Crippen MR) is 69.4 cm³/mol. The Morgan fingerprint density at radius 1 is 1.37 bits per heavy atom. The Morgan fingerprint density at radius 3 is 2.89 bits per heavy atom. The van der Waals surface area contributed by atoms with Crippen LogP contribution in [0.25, 0.3) is 11.7 Å². The molecule has 0 aliphatic carbocycles. The van der Waals surface area contributed by atoms with Gasteiger partial charge in [-0.3, -0.25) is 0 Å². The third-order valence-corrected chi connectivity index (χ3v) is 2.64. The molecule has 0 bridgehead atoms. The molecule has 0 aromatic carbocycles. The zero-order valence-electron chi connectivity index (χ0n) is 11.3. The number of aromatic nitrogens is 2. The van der Waals surface area contributed by atoms with Crippen molar-refractivity contribution in [3.8, 4) is 11.7 Å². The molecular weight excluding hydrogens is 246 g/mol. The number of furan rings is 1. The summed E-state index contributed by atoms with van der Waals surface area (Å²) in [6.07, 6.45) is 1.78. The molecule has 2 rings (SSSR count). The molecule has 0 fully saturated rings. The van der Waals surface area contributed by atoms with Gasteiger partial charge in [0.2, 0.25) is 0 Å². The van der Waals surface area contributed by atoms with Gasteiger partial charge in [-0.1, -0.05) is 19.0 Å². The first-order valence-electron chi connectivity index (χ1n) is 6.50. The fourth-order valence-electron chi connectivity index (χ4n) is 1.60. The number of hydrogen-bond donors (Lipinski definition) is 1. The van der Waals surface area contributed by atoms with Crippen LogP contribution < -0.4 is 5.73 Å². The lowest BCUT2D eigenvalue weighted by molar-refractivity contribution is 0.119. The zero-order chi connectivity index (χ0) is 13.7. The maximum atomic E-state index is 5.92. The molecule has 1 atom stereocenters. The summed E-state index contributed by atoms with van der Waals surface area (Å²) in [5, 5.41) is 3.86. The summed E-state index contributed by atoms with van der Waals surface area (Å²) in [7, 11) is 0. The Balaban J connectivity index is 2.01. The fourth-order valence-corrected chi connectivity index (χ4v) is 1.60. The third-order valence-electron chi connectivity index (χ3n) is 2.64. The van der Waals surface area contributed by atoms with Crippen molar-refractivity contribution in [1.29, 1.82) is 0 Å².